The molecule has 0 aromatic heterocycles. The molecule has 0 aliphatic carbocycles. The normalized spacial score (nSPS) is 12.3. The van der Waals surface area contributed by atoms with Crippen LogP contribution in [0.3, 0.4) is 0 Å². The molecule has 0 fully saturated rings. The highest BCUT2D eigenvalue weighted by Crippen LogP contribution is 2.20. The molecule has 2 aromatic carbocycles. The van der Waals surface area contributed by atoms with Gasteiger partial charge in [-0.2, -0.15) is 0 Å². The van der Waals surface area contributed by atoms with Gasteiger partial charge >= 0.3 is 0 Å². The third-order valence-corrected chi connectivity index (χ3v) is 4.62. The lowest BCUT2D eigenvalue weighted by molar-refractivity contribution is -0.133. The van der Waals surface area contributed by atoms with E-state index in [1.807, 2.05) is 17.0 Å². The van der Waals surface area contributed by atoms with Gasteiger partial charge in [0.25, 0.3) is 0 Å². The van der Waals surface area contributed by atoms with Crippen molar-refractivity contribution in [1.29, 1.82) is 0 Å². The molecule has 0 aliphatic heterocycles. The minimum absolute atomic E-state index is 0.0541. The molecular formula is C21H31N3O. The highest BCUT2D eigenvalue weighted by molar-refractivity contribution is 5.86. The summed E-state index contributed by atoms with van der Waals surface area (Å²) in [5.41, 5.74) is 12.9. The third-order valence-electron chi connectivity index (χ3n) is 4.62. The van der Waals surface area contributed by atoms with Crippen molar-refractivity contribution in [1.82, 2.24) is 4.90 Å². The van der Waals surface area contributed by atoms with E-state index in [9.17, 15) is 4.79 Å². The molecule has 0 unspecified atom stereocenters. The van der Waals surface area contributed by atoms with Crippen LogP contribution >= 0.6 is 0 Å². The van der Waals surface area contributed by atoms with E-state index in [2.05, 4.69) is 37.3 Å². The third kappa shape index (κ3) is 5.55. The fraction of sp³-hybridized carbons (Fsp3) is 0.476. The lowest BCUT2D eigenvalue weighted by atomic mass is 10.0. The van der Waals surface area contributed by atoms with Crippen molar-refractivity contribution in [2.24, 2.45) is 11.5 Å². The number of rotatable bonds is 10. The summed E-state index contributed by atoms with van der Waals surface area (Å²) < 4.78 is 0. The molecule has 1 amide bonds. The van der Waals surface area contributed by atoms with Gasteiger partial charge in [-0.1, -0.05) is 62.2 Å². The molecule has 0 radical (unpaired) electrons. The van der Waals surface area contributed by atoms with Crippen LogP contribution in [0.25, 0.3) is 10.8 Å². The molecular weight excluding hydrogens is 310 g/mol. The molecule has 4 N–H and O–H groups in total. The van der Waals surface area contributed by atoms with Gasteiger partial charge < -0.3 is 16.4 Å². The maximum Gasteiger partial charge on any atom is 0.239 e. The van der Waals surface area contributed by atoms with Crippen molar-refractivity contribution in [3.05, 3.63) is 48.0 Å². The van der Waals surface area contributed by atoms with Crippen LogP contribution in [0, 0.1) is 0 Å². The van der Waals surface area contributed by atoms with E-state index in [1.54, 1.807) is 0 Å². The van der Waals surface area contributed by atoms with Crippen LogP contribution in [0.4, 0.5) is 0 Å². The zero-order chi connectivity index (χ0) is 18.1. The maximum absolute atomic E-state index is 12.9. The van der Waals surface area contributed by atoms with Gasteiger partial charge in [-0.15, -0.1) is 0 Å². The zero-order valence-corrected chi connectivity index (χ0v) is 15.3. The van der Waals surface area contributed by atoms with E-state index in [1.165, 1.54) is 16.3 Å². The summed E-state index contributed by atoms with van der Waals surface area (Å²) in [5, 5.41) is 2.41. The van der Waals surface area contributed by atoms with Gasteiger partial charge in [-0.25, -0.2) is 0 Å². The van der Waals surface area contributed by atoms with Crippen LogP contribution < -0.4 is 11.5 Å². The first-order chi connectivity index (χ1) is 12.2. The minimum atomic E-state index is -0.432. The Balaban J connectivity index is 2.14. The predicted molar refractivity (Wildman–Crippen MR) is 105 cm³/mol. The molecule has 1 atom stereocenters. The fourth-order valence-corrected chi connectivity index (χ4v) is 3.12. The summed E-state index contributed by atoms with van der Waals surface area (Å²) in [7, 11) is 0. The van der Waals surface area contributed by atoms with Crippen molar-refractivity contribution in [3.8, 4) is 0 Å². The van der Waals surface area contributed by atoms with Crippen molar-refractivity contribution >= 4 is 16.7 Å². The number of benzene rings is 2. The van der Waals surface area contributed by atoms with Gasteiger partial charge in [0.15, 0.2) is 0 Å². The first-order valence-corrected chi connectivity index (χ1v) is 9.38. The van der Waals surface area contributed by atoms with Gasteiger partial charge in [0.1, 0.15) is 0 Å². The van der Waals surface area contributed by atoms with E-state index < -0.39 is 6.04 Å². The second-order valence-electron chi connectivity index (χ2n) is 6.64. The Bertz CT molecular complexity index is 666. The number of nitrogens with zero attached hydrogens (tertiary/aromatic N) is 1. The number of carbonyl (C=O) groups is 1. The van der Waals surface area contributed by atoms with Crippen LogP contribution in [-0.2, 0) is 11.3 Å². The van der Waals surface area contributed by atoms with Crippen LogP contribution in [0.5, 0.6) is 0 Å². The van der Waals surface area contributed by atoms with Crippen LogP contribution in [0.2, 0.25) is 0 Å². The molecule has 0 bridgehead atoms. The largest absolute Gasteiger partial charge is 0.337 e. The topological polar surface area (TPSA) is 72.3 Å². The number of amides is 1. The summed E-state index contributed by atoms with van der Waals surface area (Å²) in [6, 6.07) is 14.1. The first kappa shape index (κ1) is 19.4. The fourth-order valence-electron chi connectivity index (χ4n) is 3.12. The molecule has 0 spiro atoms. The van der Waals surface area contributed by atoms with Gasteiger partial charge in [0.05, 0.1) is 6.04 Å². The number of carbonyl (C=O) groups excluding carboxylic acids is 1. The summed E-state index contributed by atoms with van der Waals surface area (Å²) in [5.74, 6) is 0.0541. The van der Waals surface area contributed by atoms with E-state index in [-0.39, 0.29) is 5.91 Å². The smallest absolute Gasteiger partial charge is 0.239 e. The van der Waals surface area contributed by atoms with Crippen molar-refractivity contribution in [2.45, 2.75) is 51.6 Å². The number of fused-ring (bicyclic) bond motifs is 1. The molecule has 4 heteroatoms. The summed E-state index contributed by atoms with van der Waals surface area (Å²) in [6.45, 7) is 4.16. The molecule has 25 heavy (non-hydrogen) atoms. The Morgan fingerprint density at radius 3 is 2.60 bits per heavy atom. The van der Waals surface area contributed by atoms with Crippen LogP contribution in [0.1, 0.15) is 44.6 Å². The standard InChI is InChI=1S/C21H31N3O/c1-2-3-15-24(21(25)20(23)13-6-7-14-22)16-18-11-8-10-17-9-4-5-12-19(17)18/h4-5,8-12,20H,2-3,6-7,13-16,22-23H2,1H3/t20-/m0/s1. The van der Waals surface area contributed by atoms with Gasteiger partial charge in [-0.05, 0) is 42.1 Å². The molecule has 0 saturated carbocycles. The lowest BCUT2D eigenvalue weighted by Crippen LogP contribution is -2.43. The molecule has 136 valence electrons. The van der Waals surface area contributed by atoms with E-state index in [4.69, 9.17) is 11.5 Å². The molecule has 4 nitrogen and oxygen atoms in total. The average molecular weight is 341 g/mol. The molecule has 2 aromatic rings. The number of nitrogens with two attached hydrogens (primary N) is 2. The summed E-state index contributed by atoms with van der Waals surface area (Å²) >= 11 is 0. The van der Waals surface area contributed by atoms with Crippen molar-refractivity contribution < 1.29 is 4.79 Å². The van der Waals surface area contributed by atoms with Crippen LogP contribution in [0.15, 0.2) is 42.5 Å². The average Bonchev–Trinajstić information content (AvgIpc) is 2.64. The SMILES string of the molecule is CCCCN(Cc1cccc2ccccc12)C(=O)[C@@H](N)CCCCN. The Morgan fingerprint density at radius 2 is 1.84 bits per heavy atom. The zero-order valence-electron chi connectivity index (χ0n) is 15.3. The molecule has 0 heterocycles. The Kier molecular flexibility index (Phi) is 7.89. The molecule has 2 rings (SSSR count). The van der Waals surface area contributed by atoms with Crippen molar-refractivity contribution in [2.75, 3.05) is 13.1 Å². The minimum Gasteiger partial charge on any atom is -0.337 e. The monoisotopic (exact) mass is 341 g/mol. The number of unbranched alkanes of at least 4 members (excludes halogenated alkanes) is 2. The highest BCUT2D eigenvalue weighted by Gasteiger charge is 2.21. The Hall–Kier alpha value is -1.91. The quantitative estimate of drug-likeness (QED) is 0.650. The van der Waals surface area contributed by atoms with Crippen molar-refractivity contribution in [3.63, 3.8) is 0 Å². The second-order valence-corrected chi connectivity index (χ2v) is 6.64. The van der Waals surface area contributed by atoms with Crippen LogP contribution in [-0.4, -0.2) is 29.9 Å². The van der Waals surface area contributed by atoms with E-state index in [0.717, 1.165) is 32.2 Å². The van der Waals surface area contributed by atoms with E-state index in [0.29, 0.717) is 19.5 Å². The lowest BCUT2D eigenvalue weighted by Gasteiger charge is -2.26. The highest BCUT2D eigenvalue weighted by atomic mass is 16.2. The molecule has 0 saturated heterocycles. The predicted octanol–water partition coefficient (Wildman–Crippen LogP) is 3.42. The summed E-state index contributed by atoms with van der Waals surface area (Å²) in [4.78, 5) is 14.8. The second kappa shape index (κ2) is 10.2. The molecule has 0 aliphatic rings. The summed E-state index contributed by atoms with van der Waals surface area (Å²) in [6.07, 6.45) is 4.57. The Morgan fingerprint density at radius 1 is 1.08 bits per heavy atom. The van der Waals surface area contributed by atoms with E-state index >= 15 is 0 Å². The first-order valence-electron chi connectivity index (χ1n) is 9.38. The van der Waals surface area contributed by atoms with Gasteiger partial charge in [0.2, 0.25) is 5.91 Å². The number of hydrogen-bond donors (Lipinski definition) is 2. The maximum atomic E-state index is 12.9. The Labute approximate surface area is 151 Å². The number of hydrogen-bond acceptors (Lipinski definition) is 3. The van der Waals surface area contributed by atoms with Gasteiger partial charge in [-0.3, -0.25) is 4.79 Å². The van der Waals surface area contributed by atoms with Gasteiger partial charge in [0, 0.05) is 13.1 Å².